The number of carbonyl (C=O) groups is 1. The van der Waals surface area contributed by atoms with Crippen molar-refractivity contribution in [3.63, 3.8) is 0 Å². The molecule has 2 rings (SSSR count). The molecule has 1 heterocycles. The first-order valence-electron chi connectivity index (χ1n) is 5.53. The molecule has 1 N–H and O–H groups in total. The van der Waals surface area contributed by atoms with Gasteiger partial charge in [-0.3, -0.25) is 4.79 Å². The van der Waals surface area contributed by atoms with Crippen LogP contribution in [0, 0.1) is 5.82 Å². The third kappa shape index (κ3) is 3.22. The molecule has 6 heteroatoms. The van der Waals surface area contributed by atoms with Crippen molar-refractivity contribution < 1.29 is 9.18 Å². The van der Waals surface area contributed by atoms with Crippen molar-refractivity contribution in [1.29, 1.82) is 0 Å². The number of nitrogens with zero attached hydrogens (tertiary/aromatic N) is 1. The van der Waals surface area contributed by atoms with E-state index in [2.05, 4.69) is 21.2 Å². The SMILES string of the molecule is CNC1CCN(C(=O)c2ccc(F)c(Br)c2)C1.Cl. The Morgan fingerprint density at radius 2 is 2.28 bits per heavy atom. The van der Waals surface area contributed by atoms with E-state index in [9.17, 15) is 9.18 Å². The average molecular weight is 338 g/mol. The molecule has 0 saturated carbocycles. The highest BCUT2D eigenvalue weighted by Gasteiger charge is 2.25. The zero-order valence-corrected chi connectivity index (χ0v) is 12.4. The summed E-state index contributed by atoms with van der Waals surface area (Å²) in [4.78, 5) is 13.9. The lowest BCUT2D eigenvalue weighted by atomic mass is 10.2. The van der Waals surface area contributed by atoms with Crippen LogP contribution in [0.15, 0.2) is 22.7 Å². The maximum atomic E-state index is 13.1. The van der Waals surface area contributed by atoms with Gasteiger partial charge in [-0.15, -0.1) is 12.4 Å². The molecule has 1 amide bonds. The molecule has 1 saturated heterocycles. The number of likely N-dealkylation sites (tertiary alicyclic amines) is 1. The predicted molar refractivity (Wildman–Crippen MR) is 74.7 cm³/mol. The smallest absolute Gasteiger partial charge is 0.253 e. The van der Waals surface area contributed by atoms with Gasteiger partial charge in [0, 0.05) is 24.7 Å². The van der Waals surface area contributed by atoms with Gasteiger partial charge in [-0.1, -0.05) is 0 Å². The van der Waals surface area contributed by atoms with E-state index in [0.29, 0.717) is 22.6 Å². The summed E-state index contributed by atoms with van der Waals surface area (Å²) < 4.78 is 13.4. The summed E-state index contributed by atoms with van der Waals surface area (Å²) in [5.41, 5.74) is 0.523. The van der Waals surface area contributed by atoms with Gasteiger partial charge >= 0.3 is 0 Å². The number of rotatable bonds is 2. The molecule has 1 atom stereocenters. The van der Waals surface area contributed by atoms with Gasteiger partial charge in [0.25, 0.3) is 5.91 Å². The Hall–Kier alpha value is -0.650. The highest BCUT2D eigenvalue weighted by Crippen LogP contribution is 2.19. The predicted octanol–water partition coefficient (Wildman–Crippen LogP) is 2.44. The zero-order valence-electron chi connectivity index (χ0n) is 9.95. The van der Waals surface area contributed by atoms with Crippen LogP contribution in [0.2, 0.25) is 0 Å². The minimum atomic E-state index is -0.351. The zero-order chi connectivity index (χ0) is 12.4. The van der Waals surface area contributed by atoms with E-state index in [-0.39, 0.29) is 24.1 Å². The summed E-state index contributed by atoms with van der Waals surface area (Å²) in [5, 5.41) is 3.16. The fraction of sp³-hybridized carbons (Fsp3) is 0.417. The third-order valence-corrected chi connectivity index (χ3v) is 3.66. The molecule has 0 radical (unpaired) electrons. The maximum absolute atomic E-state index is 13.1. The van der Waals surface area contributed by atoms with E-state index in [1.54, 1.807) is 4.90 Å². The Morgan fingerprint density at radius 3 is 2.83 bits per heavy atom. The monoisotopic (exact) mass is 336 g/mol. The molecule has 1 unspecified atom stereocenters. The number of carbonyl (C=O) groups excluding carboxylic acids is 1. The topological polar surface area (TPSA) is 32.3 Å². The van der Waals surface area contributed by atoms with Crippen LogP contribution in [0.25, 0.3) is 0 Å². The molecule has 0 spiro atoms. The summed E-state index contributed by atoms with van der Waals surface area (Å²) in [6.07, 6.45) is 0.963. The van der Waals surface area contributed by atoms with Crippen LogP contribution in [0.5, 0.6) is 0 Å². The van der Waals surface area contributed by atoms with E-state index in [1.807, 2.05) is 7.05 Å². The Kier molecular flexibility index (Phi) is 5.56. The third-order valence-electron chi connectivity index (χ3n) is 3.05. The lowest BCUT2D eigenvalue weighted by Gasteiger charge is -2.16. The van der Waals surface area contributed by atoms with Gasteiger partial charge in [0.1, 0.15) is 5.82 Å². The van der Waals surface area contributed by atoms with Crippen molar-refractivity contribution in [2.24, 2.45) is 0 Å². The molecule has 0 aliphatic carbocycles. The number of halogens is 3. The van der Waals surface area contributed by atoms with Gasteiger partial charge < -0.3 is 10.2 Å². The van der Waals surface area contributed by atoms with Crippen molar-refractivity contribution in [2.45, 2.75) is 12.5 Å². The number of nitrogens with one attached hydrogen (secondary N) is 1. The van der Waals surface area contributed by atoms with E-state index >= 15 is 0 Å². The normalized spacial score (nSPS) is 18.6. The Morgan fingerprint density at radius 1 is 1.56 bits per heavy atom. The quantitative estimate of drug-likeness (QED) is 0.899. The lowest BCUT2D eigenvalue weighted by Crippen LogP contribution is -2.33. The second-order valence-corrected chi connectivity index (χ2v) is 5.01. The molecule has 0 aromatic heterocycles. The number of hydrogen-bond donors (Lipinski definition) is 1. The van der Waals surface area contributed by atoms with Crippen LogP contribution in [0.4, 0.5) is 4.39 Å². The lowest BCUT2D eigenvalue weighted by molar-refractivity contribution is 0.0789. The second-order valence-electron chi connectivity index (χ2n) is 4.15. The van der Waals surface area contributed by atoms with E-state index < -0.39 is 0 Å². The molecular formula is C12H15BrClFN2O. The Bertz CT molecular complexity index is 444. The minimum Gasteiger partial charge on any atom is -0.337 e. The summed E-state index contributed by atoms with van der Waals surface area (Å²) in [6, 6.07) is 4.73. The van der Waals surface area contributed by atoms with Crippen molar-refractivity contribution in [3.8, 4) is 0 Å². The number of hydrogen-bond acceptors (Lipinski definition) is 2. The molecular weight excluding hydrogens is 322 g/mol. The van der Waals surface area contributed by atoms with Crippen LogP contribution in [0.1, 0.15) is 16.8 Å². The molecule has 1 aliphatic heterocycles. The molecule has 1 aliphatic rings. The van der Waals surface area contributed by atoms with Crippen molar-refractivity contribution in [2.75, 3.05) is 20.1 Å². The first kappa shape index (κ1) is 15.4. The van der Waals surface area contributed by atoms with Crippen LogP contribution < -0.4 is 5.32 Å². The molecule has 18 heavy (non-hydrogen) atoms. The van der Waals surface area contributed by atoms with Crippen molar-refractivity contribution >= 4 is 34.2 Å². The fourth-order valence-corrected chi connectivity index (χ4v) is 2.37. The average Bonchev–Trinajstić information content (AvgIpc) is 2.80. The number of likely N-dealkylation sites (N-methyl/N-ethyl adjacent to an activating group) is 1. The van der Waals surface area contributed by atoms with Gasteiger partial charge in [0.2, 0.25) is 0 Å². The first-order chi connectivity index (χ1) is 8.11. The summed E-state index contributed by atoms with van der Waals surface area (Å²) in [6.45, 7) is 1.46. The number of amides is 1. The summed E-state index contributed by atoms with van der Waals surface area (Å²) in [5.74, 6) is -0.389. The van der Waals surface area contributed by atoms with Gasteiger partial charge in [-0.05, 0) is 47.6 Å². The molecule has 100 valence electrons. The van der Waals surface area contributed by atoms with E-state index in [4.69, 9.17) is 0 Å². The maximum Gasteiger partial charge on any atom is 0.253 e. The van der Waals surface area contributed by atoms with Crippen molar-refractivity contribution in [3.05, 3.63) is 34.1 Å². The van der Waals surface area contributed by atoms with Gasteiger partial charge in [0.05, 0.1) is 4.47 Å². The van der Waals surface area contributed by atoms with Gasteiger partial charge in [-0.25, -0.2) is 4.39 Å². The first-order valence-corrected chi connectivity index (χ1v) is 6.32. The van der Waals surface area contributed by atoms with Gasteiger partial charge in [-0.2, -0.15) is 0 Å². The molecule has 1 aromatic rings. The largest absolute Gasteiger partial charge is 0.337 e. The Labute approximate surface area is 120 Å². The fourth-order valence-electron chi connectivity index (χ4n) is 1.99. The molecule has 1 fully saturated rings. The summed E-state index contributed by atoms with van der Waals surface area (Å²) in [7, 11) is 1.90. The van der Waals surface area contributed by atoms with Crippen LogP contribution in [0.3, 0.4) is 0 Å². The summed E-state index contributed by atoms with van der Waals surface area (Å²) >= 11 is 3.09. The highest BCUT2D eigenvalue weighted by atomic mass is 79.9. The van der Waals surface area contributed by atoms with E-state index in [0.717, 1.165) is 13.0 Å². The molecule has 1 aromatic carbocycles. The minimum absolute atomic E-state index is 0. The standard InChI is InChI=1S/C12H14BrFN2O.ClH/c1-15-9-4-5-16(7-9)12(17)8-2-3-11(14)10(13)6-8;/h2-3,6,9,15H,4-5,7H2,1H3;1H. The van der Waals surface area contributed by atoms with Crippen LogP contribution >= 0.6 is 28.3 Å². The van der Waals surface area contributed by atoms with Crippen LogP contribution in [-0.4, -0.2) is 37.0 Å². The Balaban J connectivity index is 0.00000162. The van der Waals surface area contributed by atoms with Crippen molar-refractivity contribution in [1.82, 2.24) is 10.2 Å². The number of benzene rings is 1. The second kappa shape index (κ2) is 6.50. The van der Waals surface area contributed by atoms with E-state index in [1.165, 1.54) is 18.2 Å². The molecule has 0 bridgehead atoms. The van der Waals surface area contributed by atoms with Gasteiger partial charge in [0.15, 0.2) is 0 Å². The van der Waals surface area contributed by atoms with Crippen LogP contribution in [-0.2, 0) is 0 Å². The molecule has 3 nitrogen and oxygen atoms in total. The highest BCUT2D eigenvalue weighted by molar-refractivity contribution is 9.10.